The molecule has 0 radical (unpaired) electrons. The lowest BCUT2D eigenvalue weighted by Gasteiger charge is -1.94. The largest absolute Gasteiger partial charge is 0.151 e. The van der Waals surface area contributed by atoms with Crippen LogP contribution in [0.2, 0.25) is 0 Å². The van der Waals surface area contributed by atoms with Crippen molar-refractivity contribution in [1.29, 1.82) is 0 Å². The minimum atomic E-state index is 0.763. The lowest BCUT2D eigenvalue weighted by atomic mass is 10.2. The van der Waals surface area contributed by atoms with Crippen LogP contribution in [0.3, 0.4) is 0 Å². The Kier molecular flexibility index (Phi) is 3.10. The smallest absolute Gasteiger partial charge is 0.0869 e. The second-order valence-corrected chi connectivity index (χ2v) is 3.23. The average Bonchev–Trinajstić information content (AvgIpc) is 2.38. The highest BCUT2D eigenvalue weighted by Crippen LogP contribution is 2.18. The van der Waals surface area contributed by atoms with E-state index in [4.69, 9.17) is 6.42 Å². The molecule has 0 amide bonds. The van der Waals surface area contributed by atoms with Gasteiger partial charge in [-0.2, -0.15) is 10.2 Å². The molecule has 0 atom stereocenters. The van der Waals surface area contributed by atoms with Crippen LogP contribution in [-0.2, 0) is 0 Å². The fraction of sp³-hybridized carbons (Fsp3) is 0. The van der Waals surface area contributed by atoms with Gasteiger partial charge in [0.25, 0.3) is 0 Å². The predicted molar refractivity (Wildman–Crippen MR) is 65.0 cm³/mol. The van der Waals surface area contributed by atoms with E-state index >= 15 is 0 Å². The van der Waals surface area contributed by atoms with Gasteiger partial charge in [-0.3, -0.25) is 0 Å². The normalized spacial score (nSPS) is 10.2. The van der Waals surface area contributed by atoms with Gasteiger partial charge >= 0.3 is 0 Å². The SMILES string of the molecule is C#Cc1cccc(N=Nc2ccccc2)c1. The number of terminal acetylenes is 1. The second kappa shape index (κ2) is 4.90. The Labute approximate surface area is 94.7 Å². The van der Waals surface area contributed by atoms with Crippen molar-refractivity contribution in [3.63, 3.8) is 0 Å². The van der Waals surface area contributed by atoms with Gasteiger partial charge in [-0.15, -0.1) is 6.42 Å². The third-order valence-electron chi connectivity index (χ3n) is 2.05. The molecule has 0 bridgehead atoms. The van der Waals surface area contributed by atoms with Gasteiger partial charge in [0.1, 0.15) is 0 Å². The summed E-state index contributed by atoms with van der Waals surface area (Å²) in [6.45, 7) is 0. The van der Waals surface area contributed by atoms with E-state index in [9.17, 15) is 0 Å². The summed E-state index contributed by atoms with van der Waals surface area (Å²) in [5, 5.41) is 8.22. The Hall–Kier alpha value is -2.40. The Balaban J connectivity index is 2.21. The summed E-state index contributed by atoms with van der Waals surface area (Å²) in [6, 6.07) is 17.0. The van der Waals surface area contributed by atoms with E-state index in [2.05, 4.69) is 16.1 Å². The van der Waals surface area contributed by atoms with E-state index in [0.29, 0.717) is 0 Å². The first-order valence-electron chi connectivity index (χ1n) is 4.92. The lowest BCUT2D eigenvalue weighted by molar-refractivity contribution is 1.23. The van der Waals surface area contributed by atoms with Crippen molar-refractivity contribution in [3.8, 4) is 12.3 Å². The zero-order valence-corrected chi connectivity index (χ0v) is 8.67. The minimum absolute atomic E-state index is 0.763. The fourth-order valence-electron chi connectivity index (χ4n) is 1.27. The Morgan fingerprint density at radius 3 is 2.25 bits per heavy atom. The van der Waals surface area contributed by atoms with E-state index in [1.807, 2.05) is 54.6 Å². The first kappa shape index (κ1) is 10.1. The molecule has 0 heterocycles. The molecule has 0 saturated carbocycles. The van der Waals surface area contributed by atoms with Crippen LogP contribution >= 0.6 is 0 Å². The van der Waals surface area contributed by atoms with Crippen LogP contribution in [-0.4, -0.2) is 0 Å². The van der Waals surface area contributed by atoms with Crippen molar-refractivity contribution >= 4 is 11.4 Å². The van der Waals surface area contributed by atoms with Crippen molar-refractivity contribution < 1.29 is 0 Å². The van der Waals surface area contributed by atoms with Gasteiger partial charge in [-0.1, -0.05) is 30.2 Å². The molecule has 2 nitrogen and oxygen atoms in total. The van der Waals surface area contributed by atoms with Crippen LogP contribution < -0.4 is 0 Å². The molecule has 16 heavy (non-hydrogen) atoms. The Bertz CT molecular complexity index is 536. The van der Waals surface area contributed by atoms with Crippen LogP contribution in [0.25, 0.3) is 0 Å². The first-order chi connectivity index (χ1) is 7.88. The third-order valence-corrected chi connectivity index (χ3v) is 2.05. The van der Waals surface area contributed by atoms with Gasteiger partial charge in [-0.05, 0) is 30.3 Å². The molecule has 0 N–H and O–H groups in total. The summed E-state index contributed by atoms with van der Waals surface area (Å²) in [5.41, 5.74) is 2.40. The molecule has 0 fully saturated rings. The zero-order valence-electron chi connectivity index (χ0n) is 8.67. The van der Waals surface area contributed by atoms with Crippen LogP contribution in [0, 0.1) is 12.3 Å². The number of nitrogens with zero attached hydrogens (tertiary/aromatic N) is 2. The van der Waals surface area contributed by atoms with Gasteiger partial charge in [0, 0.05) is 5.56 Å². The van der Waals surface area contributed by atoms with Gasteiger partial charge in [0.15, 0.2) is 0 Å². The van der Waals surface area contributed by atoms with Gasteiger partial charge in [0.05, 0.1) is 11.4 Å². The van der Waals surface area contributed by atoms with E-state index in [1.165, 1.54) is 0 Å². The summed E-state index contributed by atoms with van der Waals surface area (Å²) in [4.78, 5) is 0. The lowest BCUT2D eigenvalue weighted by Crippen LogP contribution is -1.70. The van der Waals surface area contributed by atoms with Crippen molar-refractivity contribution in [3.05, 3.63) is 60.2 Å². The number of hydrogen-bond acceptors (Lipinski definition) is 2. The quantitative estimate of drug-likeness (QED) is 0.522. The number of rotatable bonds is 2. The molecule has 76 valence electrons. The van der Waals surface area contributed by atoms with Crippen LogP contribution in [0.4, 0.5) is 11.4 Å². The molecule has 2 aromatic rings. The topological polar surface area (TPSA) is 24.7 Å². The molecule has 0 aromatic heterocycles. The molecular formula is C14H10N2. The van der Waals surface area contributed by atoms with Crippen molar-refractivity contribution in [2.24, 2.45) is 10.2 Å². The highest BCUT2D eigenvalue weighted by Gasteiger charge is 1.91. The molecule has 0 aliphatic heterocycles. The van der Waals surface area contributed by atoms with Crippen LogP contribution in [0.15, 0.2) is 64.8 Å². The van der Waals surface area contributed by atoms with Crippen LogP contribution in [0.5, 0.6) is 0 Å². The molecule has 0 spiro atoms. The molecule has 2 heteroatoms. The van der Waals surface area contributed by atoms with Gasteiger partial charge in [-0.25, -0.2) is 0 Å². The van der Waals surface area contributed by atoms with Gasteiger partial charge < -0.3 is 0 Å². The number of azo groups is 1. The van der Waals surface area contributed by atoms with Crippen molar-refractivity contribution in [1.82, 2.24) is 0 Å². The van der Waals surface area contributed by atoms with Crippen molar-refractivity contribution in [2.45, 2.75) is 0 Å². The van der Waals surface area contributed by atoms with E-state index < -0.39 is 0 Å². The molecule has 0 saturated heterocycles. The number of benzene rings is 2. The molecule has 0 aliphatic rings. The Morgan fingerprint density at radius 1 is 0.812 bits per heavy atom. The molecule has 0 aliphatic carbocycles. The molecule has 2 rings (SSSR count). The maximum absolute atomic E-state index is 5.30. The molecule has 2 aromatic carbocycles. The summed E-state index contributed by atoms with van der Waals surface area (Å²) in [5.74, 6) is 2.56. The monoisotopic (exact) mass is 206 g/mol. The fourth-order valence-corrected chi connectivity index (χ4v) is 1.27. The molecular weight excluding hydrogens is 196 g/mol. The molecule has 0 unspecified atom stereocenters. The third kappa shape index (κ3) is 2.55. The van der Waals surface area contributed by atoms with E-state index in [-0.39, 0.29) is 0 Å². The standard InChI is InChI=1S/C14H10N2/c1-2-12-7-6-10-14(11-12)16-15-13-8-4-3-5-9-13/h1,3-11H. The average molecular weight is 206 g/mol. The highest BCUT2D eigenvalue weighted by atomic mass is 15.1. The van der Waals surface area contributed by atoms with Crippen LogP contribution in [0.1, 0.15) is 5.56 Å². The van der Waals surface area contributed by atoms with Gasteiger partial charge in [0.2, 0.25) is 0 Å². The summed E-state index contributed by atoms with van der Waals surface area (Å²) in [7, 11) is 0. The maximum Gasteiger partial charge on any atom is 0.0869 e. The summed E-state index contributed by atoms with van der Waals surface area (Å²) < 4.78 is 0. The first-order valence-corrected chi connectivity index (χ1v) is 4.92. The summed E-state index contributed by atoms with van der Waals surface area (Å²) in [6.07, 6.45) is 5.30. The van der Waals surface area contributed by atoms with E-state index in [1.54, 1.807) is 0 Å². The predicted octanol–water partition coefficient (Wildman–Crippen LogP) is 4.08. The second-order valence-electron chi connectivity index (χ2n) is 3.23. The van der Waals surface area contributed by atoms with E-state index in [0.717, 1.165) is 16.9 Å². The highest BCUT2D eigenvalue weighted by molar-refractivity contribution is 5.46. The zero-order chi connectivity index (χ0) is 11.2. The Morgan fingerprint density at radius 2 is 1.50 bits per heavy atom. The summed E-state index contributed by atoms with van der Waals surface area (Å²) >= 11 is 0. The minimum Gasteiger partial charge on any atom is -0.151 e. The number of hydrogen-bond donors (Lipinski definition) is 0. The maximum atomic E-state index is 5.30. The van der Waals surface area contributed by atoms with Crippen molar-refractivity contribution in [2.75, 3.05) is 0 Å².